The molecule has 3 rings (SSSR count). The molecule has 0 spiro atoms. The van der Waals surface area contributed by atoms with Crippen LogP contribution in [-0.4, -0.2) is 23.2 Å². The van der Waals surface area contributed by atoms with E-state index in [2.05, 4.69) is 22.5 Å². The topological polar surface area (TPSA) is 73.1 Å². The van der Waals surface area contributed by atoms with E-state index in [-0.39, 0.29) is 0 Å². The molecule has 1 aromatic heterocycles. The second-order valence-corrected chi connectivity index (χ2v) is 5.30. The van der Waals surface area contributed by atoms with E-state index in [9.17, 15) is 0 Å². The molecule has 0 amide bonds. The summed E-state index contributed by atoms with van der Waals surface area (Å²) in [5, 5.41) is 0. The van der Waals surface area contributed by atoms with E-state index >= 15 is 0 Å². The number of hydrogen-bond donors (Lipinski definition) is 2. The van der Waals surface area contributed by atoms with Gasteiger partial charge < -0.3 is 10.2 Å². The lowest BCUT2D eigenvalue weighted by Crippen LogP contribution is -2.19. The van der Waals surface area contributed by atoms with Crippen LogP contribution in [0.4, 0.5) is 5.82 Å². The smallest absolute Gasteiger partial charge is 0.147 e. The highest BCUT2D eigenvalue weighted by atomic mass is 16.5. The van der Waals surface area contributed by atoms with E-state index in [4.69, 9.17) is 15.6 Å². The Morgan fingerprint density at radius 2 is 1.86 bits per heavy atom. The predicted molar refractivity (Wildman–Crippen MR) is 82.8 cm³/mol. The number of ether oxygens (including phenoxy) is 1. The molecule has 1 aliphatic rings. The zero-order valence-corrected chi connectivity index (χ0v) is 12.2. The summed E-state index contributed by atoms with van der Waals surface area (Å²) in [5.41, 5.74) is 5.70. The molecule has 5 nitrogen and oxygen atoms in total. The highest BCUT2D eigenvalue weighted by Crippen LogP contribution is 2.30. The molecule has 1 saturated heterocycles. The van der Waals surface area contributed by atoms with E-state index in [1.54, 1.807) is 0 Å². The van der Waals surface area contributed by atoms with Gasteiger partial charge in [0.1, 0.15) is 11.6 Å². The van der Waals surface area contributed by atoms with Crippen LogP contribution < -0.4 is 11.3 Å². The number of hydrazine groups is 1. The molecule has 0 saturated carbocycles. The third-order valence-electron chi connectivity index (χ3n) is 3.93. The minimum absolute atomic E-state index is 0.342. The SMILES string of the molecule is Cc1c(NN)nc(C2CCOCC2)nc1-c1ccccc1. The van der Waals surface area contributed by atoms with Gasteiger partial charge in [-0.05, 0) is 19.8 Å². The Labute approximate surface area is 124 Å². The summed E-state index contributed by atoms with van der Waals surface area (Å²) >= 11 is 0. The second kappa shape index (κ2) is 6.20. The molecular formula is C16H20N4O. The highest BCUT2D eigenvalue weighted by molar-refractivity contribution is 5.67. The number of aromatic nitrogens is 2. The Kier molecular flexibility index (Phi) is 4.13. The molecule has 1 aromatic carbocycles. The van der Waals surface area contributed by atoms with Gasteiger partial charge in [-0.3, -0.25) is 0 Å². The Morgan fingerprint density at radius 3 is 2.52 bits per heavy atom. The average molecular weight is 284 g/mol. The maximum atomic E-state index is 5.63. The van der Waals surface area contributed by atoms with Crippen LogP contribution in [0.1, 0.15) is 30.1 Å². The van der Waals surface area contributed by atoms with E-state index in [1.165, 1.54) is 0 Å². The van der Waals surface area contributed by atoms with Crippen molar-refractivity contribution in [3.8, 4) is 11.3 Å². The number of nitrogens with one attached hydrogen (secondary N) is 1. The maximum absolute atomic E-state index is 5.63. The van der Waals surface area contributed by atoms with Crippen LogP contribution in [0.2, 0.25) is 0 Å². The molecule has 5 heteroatoms. The number of nitrogens with zero attached hydrogens (tertiary/aromatic N) is 2. The van der Waals surface area contributed by atoms with Crippen molar-refractivity contribution in [3.63, 3.8) is 0 Å². The van der Waals surface area contributed by atoms with E-state index in [0.717, 1.165) is 48.7 Å². The lowest BCUT2D eigenvalue weighted by Gasteiger charge is -2.22. The fourth-order valence-corrected chi connectivity index (χ4v) is 2.69. The van der Waals surface area contributed by atoms with Crippen LogP contribution in [0.3, 0.4) is 0 Å². The summed E-state index contributed by atoms with van der Waals surface area (Å²) in [6, 6.07) is 10.1. The fourth-order valence-electron chi connectivity index (χ4n) is 2.69. The minimum Gasteiger partial charge on any atom is -0.381 e. The Bertz CT molecular complexity index is 609. The van der Waals surface area contributed by atoms with E-state index in [0.29, 0.717) is 11.7 Å². The summed E-state index contributed by atoms with van der Waals surface area (Å²) in [6.45, 7) is 3.53. The minimum atomic E-state index is 0.342. The molecule has 21 heavy (non-hydrogen) atoms. The Balaban J connectivity index is 2.06. The first kappa shape index (κ1) is 14.0. The molecule has 2 aromatic rings. The number of nitrogen functional groups attached to an aromatic ring is 1. The fraction of sp³-hybridized carbons (Fsp3) is 0.375. The summed E-state index contributed by atoms with van der Waals surface area (Å²) in [5.74, 6) is 7.53. The molecule has 0 radical (unpaired) electrons. The first-order chi connectivity index (χ1) is 10.3. The third kappa shape index (κ3) is 2.89. The largest absolute Gasteiger partial charge is 0.381 e. The van der Waals surface area contributed by atoms with Gasteiger partial charge in [0, 0.05) is 30.3 Å². The molecular weight excluding hydrogens is 264 g/mol. The van der Waals surface area contributed by atoms with Gasteiger partial charge in [0.05, 0.1) is 5.69 Å². The molecule has 0 unspecified atom stereocenters. The summed E-state index contributed by atoms with van der Waals surface area (Å²) in [6.07, 6.45) is 1.92. The van der Waals surface area contributed by atoms with Crippen molar-refractivity contribution in [1.82, 2.24) is 9.97 Å². The molecule has 0 bridgehead atoms. The molecule has 3 N–H and O–H groups in total. The van der Waals surface area contributed by atoms with Crippen LogP contribution >= 0.6 is 0 Å². The quantitative estimate of drug-likeness (QED) is 0.669. The van der Waals surface area contributed by atoms with Crippen molar-refractivity contribution in [2.24, 2.45) is 5.84 Å². The molecule has 110 valence electrons. The number of nitrogens with two attached hydrogens (primary N) is 1. The normalized spacial score (nSPS) is 15.9. The van der Waals surface area contributed by atoms with Crippen molar-refractivity contribution < 1.29 is 4.74 Å². The number of hydrogen-bond acceptors (Lipinski definition) is 5. The van der Waals surface area contributed by atoms with Gasteiger partial charge in [0.2, 0.25) is 0 Å². The van der Waals surface area contributed by atoms with Crippen molar-refractivity contribution in [2.75, 3.05) is 18.6 Å². The van der Waals surface area contributed by atoms with Crippen molar-refractivity contribution in [2.45, 2.75) is 25.7 Å². The van der Waals surface area contributed by atoms with Gasteiger partial charge in [-0.25, -0.2) is 15.8 Å². The maximum Gasteiger partial charge on any atom is 0.147 e. The Hall–Kier alpha value is -1.98. The predicted octanol–water partition coefficient (Wildman–Crippen LogP) is 2.63. The lowest BCUT2D eigenvalue weighted by molar-refractivity contribution is 0.0836. The molecule has 0 atom stereocenters. The van der Waals surface area contributed by atoms with Gasteiger partial charge in [-0.15, -0.1) is 0 Å². The number of benzene rings is 1. The first-order valence-corrected chi connectivity index (χ1v) is 7.28. The van der Waals surface area contributed by atoms with Gasteiger partial charge in [0.25, 0.3) is 0 Å². The molecule has 1 fully saturated rings. The van der Waals surface area contributed by atoms with Crippen LogP contribution in [-0.2, 0) is 4.74 Å². The number of anilines is 1. The van der Waals surface area contributed by atoms with Crippen molar-refractivity contribution in [1.29, 1.82) is 0 Å². The van der Waals surface area contributed by atoms with Crippen LogP contribution in [0.15, 0.2) is 30.3 Å². The van der Waals surface area contributed by atoms with E-state index < -0.39 is 0 Å². The van der Waals surface area contributed by atoms with Gasteiger partial charge in [-0.1, -0.05) is 30.3 Å². The summed E-state index contributed by atoms with van der Waals surface area (Å²) in [4.78, 5) is 9.41. The summed E-state index contributed by atoms with van der Waals surface area (Å²) < 4.78 is 5.42. The molecule has 0 aliphatic carbocycles. The van der Waals surface area contributed by atoms with Crippen LogP contribution in [0.25, 0.3) is 11.3 Å². The Morgan fingerprint density at radius 1 is 1.14 bits per heavy atom. The monoisotopic (exact) mass is 284 g/mol. The van der Waals surface area contributed by atoms with Gasteiger partial charge in [-0.2, -0.15) is 0 Å². The van der Waals surface area contributed by atoms with E-state index in [1.807, 2.05) is 25.1 Å². The summed E-state index contributed by atoms with van der Waals surface area (Å²) in [7, 11) is 0. The van der Waals surface area contributed by atoms with Crippen molar-refractivity contribution >= 4 is 5.82 Å². The number of rotatable bonds is 3. The zero-order valence-electron chi connectivity index (χ0n) is 12.2. The first-order valence-electron chi connectivity index (χ1n) is 7.28. The van der Waals surface area contributed by atoms with Crippen LogP contribution in [0, 0.1) is 6.92 Å². The average Bonchev–Trinajstić information content (AvgIpc) is 2.56. The lowest BCUT2D eigenvalue weighted by atomic mass is 9.98. The standard InChI is InChI=1S/C16H20N4O/c1-11-14(12-5-3-2-4-6-12)18-16(19-15(11)20-17)13-7-9-21-10-8-13/h2-6,13H,7-10,17H2,1H3,(H,18,19,20). The third-order valence-corrected chi connectivity index (χ3v) is 3.93. The van der Waals surface area contributed by atoms with Gasteiger partial charge in [0.15, 0.2) is 0 Å². The highest BCUT2D eigenvalue weighted by Gasteiger charge is 2.21. The molecule has 2 heterocycles. The van der Waals surface area contributed by atoms with Crippen molar-refractivity contribution in [3.05, 3.63) is 41.7 Å². The van der Waals surface area contributed by atoms with Crippen LogP contribution in [0.5, 0.6) is 0 Å². The second-order valence-electron chi connectivity index (χ2n) is 5.30. The zero-order chi connectivity index (χ0) is 14.7. The van der Waals surface area contributed by atoms with Gasteiger partial charge >= 0.3 is 0 Å². The molecule has 1 aliphatic heterocycles.